The molecule has 0 unspecified atom stereocenters. The topological polar surface area (TPSA) is 22.1 Å². The highest BCUT2D eigenvalue weighted by atomic mass is 35.5. The number of alkyl halides is 1. The second kappa shape index (κ2) is 5.59. The number of aromatic nitrogens is 1. The summed E-state index contributed by atoms with van der Waals surface area (Å²) in [6.07, 6.45) is 0. The van der Waals surface area contributed by atoms with Crippen molar-refractivity contribution in [2.24, 2.45) is 0 Å². The van der Waals surface area contributed by atoms with E-state index < -0.39 is 0 Å². The summed E-state index contributed by atoms with van der Waals surface area (Å²) < 4.78 is 5.92. The van der Waals surface area contributed by atoms with Gasteiger partial charge >= 0.3 is 0 Å². The van der Waals surface area contributed by atoms with Crippen LogP contribution in [-0.4, -0.2) is 4.98 Å². The third kappa shape index (κ3) is 2.72. The molecule has 0 saturated carbocycles. The van der Waals surface area contributed by atoms with Gasteiger partial charge in [-0.15, -0.1) is 22.9 Å². The van der Waals surface area contributed by atoms with E-state index >= 15 is 0 Å². The molecule has 0 radical (unpaired) electrons. The molecule has 0 aliphatic carbocycles. The van der Waals surface area contributed by atoms with Crippen molar-refractivity contribution in [1.29, 1.82) is 0 Å². The number of fused-ring (bicyclic) bond motifs is 1. The third-order valence-electron chi connectivity index (χ3n) is 2.82. The highest BCUT2D eigenvalue weighted by Crippen LogP contribution is 2.27. The van der Waals surface area contributed by atoms with Crippen LogP contribution < -0.4 is 4.74 Å². The maximum Gasteiger partial charge on any atom is 0.131 e. The number of rotatable bonds is 4. The molecule has 96 valence electrons. The van der Waals surface area contributed by atoms with E-state index in [4.69, 9.17) is 16.3 Å². The SMILES string of the molecule is ClCc1cc(OCc2cccs2)c2ccccc2n1. The molecule has 4 heteroatoms. The Morgan fingerprint density at radius 3 is 2.84 bits per heavy atom. The van der Waals surface area contributed by atoms with Crippen molar-refractivity contribution in [3.63, 3.8) is 0 Å². The smallest absolute Gasteiger partial charge is 0.131 e. The second-order valence-corrected chi connectivity index (χ2v) is 5.43. The Morgan fingerprint density at radius 1 is 1.16 bits per heavy atom. The van der Waals surface area contributed by atoms with Crippen LogP contribution in [-0.2, 0) is 12.5 Å². The molecular weight excluding hydrogens is 278 g/mol. The highest BCUT2D eigenvalue weighted by Gasteiger charge is 2.06. The van der Waals surface area contributed by atoms with Crippen molar-refractivity contribution < 1.29 is 4.74 Å². The van der Waals surface area contributed by atoms with Crippen LogP contribution in [0.4, 0.5) is 0 Å². The van der Waals surface area contributed by atoms with Gasteiger partial charge < -0.3 is 4.74 Å². The number of pyridine rings is 1. The molecule has 0 fully saturated rings. The van der Waals surface area contributed by atoms with E-state index in [9.17, 15) is 0 Å². The molecule has 0 N–H and O–H groups in total. The van der Waals surface area contributed by atoms with Gasteiger partial charge in [-0.25, -0.2) is 0 Å². The molecule has 19 heavy (non-hydrogen) atoms. The Kier molecular flexibility index (Phi) is 3.67. The van der Waals surface area contributed by atoms with Crippen LogP contribution in [0.3, 0.4) is 0 Å². The van der Waals surface area contributed by atoms with Crippen molar-refractivity contribution in [1.82, 2.24) is 4.98 Å². The van der Waals surface area contributed by atoms with Gasteiger partial charge in [-0.2, -0.15) is 0 Å². The van der Waals surface area contributed by atoms with E-state index in [1.807, 2.05) is 41.8 Å². The first-order valence-electron chi connectivity index (χ1n) is 5.96. The Morgan fingerprint density at radius 2 is 2.05 bits per heavy atom. The minimum atomic E-state index is 0.389. The number of hydrogen-bond acceptors (Lipinski definition) is 3. The van der Waals surface area contributed by atoms with Crippen LogP contribution in [0.1, 0.15) is 10.6 Å². The minimum Gasteiger partial charge on any atom is -0.487 e. The maximum atomic E-state index is 5.92. The van der Waals surface area contributed by atoms with Gasteiger partial charge in [0.15, 0.2) is 0 Å². The number of thiophene rings is 1. The van der Waals surface area contributed by atoms with Gasteiger partial charge in [0.25, 0.3) is 0 Å². The molecule has 1 aromatic carbocycles. The molecule has 2 aromatic heterocycles. The predicted octanol–water partition coefficient (Wildman–Crippen LogP) is 4.61. The fraction of sp³-hybridized carbons (Fsp3) is 0.133. The lowest BCUT2D eigenvalue weighted by Gasteiger charge is -2.09. The zero-order valence-electron chi connectivity index (χ0n) is 10.2. The van der Waals surface area contributed by atoms with Crippen LogP contribution in [0.5, 0.6) is 5.75 Å². The van der Waals surface area contributed by atoms with E-state index in [1.165, 1.54) is 4.88 Å². The summed E-state index contributed by atoms with van der Waals surface area (Å²) in [6.45, 7) is 0.577. The summed E-state index contributed by atoms with van der Waals surface area (Å²) in [7, 11) is 0. The molecule has 0 saturated heterocycles. The maximum absolute atomic E-state index is 5.92. The molecule has 0 amide bonds. The van der Waals surface area contributed by atoms with Crippen LogP contribution in [0.25, 0.3) is 10.9 Å². The fourth-order valence-corrected chi connectivity index (χ4v) is 2.68. The second-order valence-electron chi connectivity index (χ2n) is 4.13. The van der Waals surface area contributed by atoms with Crippen LogP contribution in [0.15, 0.2) is 47.8 Å². The average molecular weight is 290 g/mol. The Hall–Kier alpha value is -1.58. The lowest BCUT2D eigenvalue weighted by molar-refractivity contribution is 0.313. The summed E-state index contributed by atoms with van der Waals surface area (Å²) in [5.74, 6) is 1.23. The largest absolute Gasteiger partial charge is 0.487 e. The fourth-order valence-electron chi connectivity index (χ4n) is 1.93. The van der Waals surface area contributed by atoms with Gasteiger partial charge in [0.2, 0.25) is 0 Å². The van der Waals surface area contributed by atoms with Crippen molar-refractivity contribution in [2.75, 3.05) is 0 Å². The number of hydrogen-bond donors (Lipinski definition) is 0. The molecule has 3 aromatic rings. The normalized spacial score (nSPS) is 10.8. The lowest BCUT2D eigenvalue weighted by Crippen LogP contribution is -1.96. The highest BCUT2D eigenvalue weighted by molar-refractivity contribution is 7.09. The first kappa shape index (κ1) is 12.5. The average Bonchev–Trinajstić information content (AvgIpc) is 2.97. The standard InChI is InChI=1S/C15H12ClNOS/c16-9-11-8-15(18-10-12-4-3-7-19-12)13-5-1-2-6-14(13)17-11/h1-8H,9-10H2. The van der Waals surface area contributed by atoms with Crippen molar-refractivity contribution in [3.8, 4) is 5.75 Å². The summed E-state index contributed by atoms with van der Waals surface area (Å²) >= 11 is 7.57. The van der Waals surface area contributed by atoms with Gasteiger partial charge in [0.1, 0.15) is 12.4 Å². The van der Waals surface area contributed by atoms with E-state index in [2.05, 4.69) is 11.1 Å². The first-order chi connectivity index (χ1) is 9.36. The van der Waals surface area contributed by atoms with Gasteiger partial charge in [0.05, 0.1) is 17.1 Å². The molecule has 0 aliphatic heterocycles. The minimum absolute atomic E-state index is 0.389. The molecule has 2 heterocycles. The Balaban J connectivity index is 1.96. The lowest BCUT2D eigenvalue weighted by atomic mass is 10.2. The van der Waals surface area contributed by atoms with Crippen LogP contribution >= 0.6 is 22.9 Å². The first-order valence-corrected chi connectivity index (χ1v) is 7.38. The summed E-state index contributed by atoms with van der Waals surface area (Å²) in [6, 6.07) is 14.0. The van der Waals surface area contributed by atoms with E-state index in [-0.39, 0.29) is 0 Å². The van der Waals surface area contributed by atoms with Crippen molar-refractivity contribution in [2.45, 2.75) is 12.5 Å². The Labute approximate surface area is 120 Å². The van der Waals surface area contributed by atoms with E-state index in [0.29, 0.717) is 12.5 Å². The van der Waals surface area contributed by atoms with Crippen molar-refractivity contribution in [3.05, 3.63) is 58.4 Å². The zero-order valence-corrected chi connectivity index (χ0v) is 11.7. The number of halogens is 1. The molecule has 3 rings (SSSR count). The number of ether oxygens (including phenoxy) is 1. The Bertz CT molecular complexity index is 682. The van der Waals surface area contributed by atoms with Gasteiger partial charge in [-0.05, 0) is 23.6 Å². The monoisotopic (exact) mass is 289 g/mol. The zero-order chi connectivity index (χ0) is 13.1. The van der Waals surface area contributed by atoms with Gasteiger partial charge in [-0.3, -0.25) is 4.98 Å². The molecule has 0 bridgehead atoms. The summed E-state index contributed by atoms with van der Waals surface area (Å²) in [4.78, 5) is 5.69. The summed E-state index contributed by atoms with van der Waals surface area (Å²) in [5, 5.41) is 3.07. The molecule has 0 aliphatic rings. The number of nitrogens with zero attached hydrogens (tertiary/aromatic N) is 1. The van der Waals surface area contributed by atoms with Crippen molar-refractivity contribution >= 4 is 33.8 Å². The quantitative estimate of drug-likeness (QED) is 0.654. The molecular formula is C15H12ClNOS. The summed E-state index contributed by atoms with van der Waals surface area (Å²) in [5.41, 5.74) is 1.75. The van der Waals surface area contributed by atoms with Gasteiger partial charge in [0, 0.05) is 16.3 Å². The number of benzene rings is 1. The van der Waals surface area contributed by atoms with Crippen LogP contribution in [0, 0.1) is 0 Å². The third-order valence-corrected chi connectivity index (χ3v) is 3.94. The molecule has 0 spiro atoms. The van der Waals surface area contributed by atoms with E-state index in [1.54, 1.807) is 11.3 Å². The molecule has 2 nitrogen and oxygen atoms in total. The molecule has 0 atom stereocenters. The predicted molar refractivity (Wildman–Crippen MR) is 80.0 cm³/mol. The van der Waals surface area contributed by atoms with E-state index in [0.717, 1.165) is 22.3 Å². The van der Waals surface area contributed by atoms with Gasteiger partial charge in [-0.1, -0.05) is 18.2 Å². The van der Waals surface area contributed by atoms with Crippen LogP contribution in [0.2, 0.25) is 0 Å². The number of para-hydroxylation sites is 1.